The molecule has 0 bridgehead atoms. The summed E-state index contributed by atoms with van der Waals surface area (Å²) in [5.74, 6) is -0.748. The minimum atomic E-state index is -0.694. The van der Waals surface area contributed by atoms with Crippen molar-refractivity contribution in [3.63, 3.8) is 0 Å². The number of ether oxygens (including phenoxy) is 1. The maximum atomic E-state index is 11.3. The fourth-order valence-electron chi connectivity index (χ4n) is 1.41. The minimum absolute atomic E-state index is 0.0540. The molecule has 0 radical (unpaired) electrons. The van der Waals surface area contributed by atoms with Gasteiger partial charge in [0.05, 0.1) is 12.2 Å². The van der Waals surface area contributed by atoms with Crippen LogP contribution in [-0.4, -0.2) is 28.9 Å². The number of carbonyl (C=O) groups is 2. The number of nitrogens with zero attached hydrogens (tertiary/aromatic N) is 2. The van der Waals surface area contributed by atoms with Crippen molar-refractivity contribution in [2.24, 2.45) is 0 Å². The van der Waals surface area contributed by atoms with E-state index in [1.807, 2.05) is 0 Å². The van der Waals surface area contributed by atoms with Crippen molar-refractivity contribution < 1.29 is 19.1 Å². The first-order chi connectivity index (χ1) is 7.19. The van der Waals surface area contributed by atoms with Gasteiger partial charge in [-0.15, -0.1) is 0 Å². The molecule has 0 amide bonds. The fraction of sp³-hybridized carbons (Fsp3) is 0.500. The van der Waals surface area contributed by atoms with Gasteiger partial charge in [0.25, 0.3) is 0 Å². The van der Waals surface area contributed by atoms with Crippen molar-refractivity contribution in [1.82, 2.24) is 0 Å². The van der Waals surface area contributed by atoms with Gasteiger partial charge in [-0.1, -0.05) is 0 Å². The molecule has 0 N–H and O–H groups in total. The highest BCUT2D eigenvalue weighted by Gasteiger charge is 2.28. The Morgan fingerprint density at radius 1 is 1.60 bits per heavy atom. The second-order valence-electron chi connectivity index (χ2n) is 3.16. The summed E-state index contributed by atoms with van der Waals surface area (Å²) < 4.78 is 4.70. The van der Waals surface area contributed by atoms with Crippen LogP contribution in [0.3, 0.4) is 0 Å². The van der Waals surface area contributed by atoms with Crippen LogP contribution in [-0.2, 0) is 14.3 Å². The minimum Gasteiger partial charge on any atom is -0.457 e. The zero-order valence-corrected chi connectivity index (χ0v) is 8.52. The summed E-state index contributed by atoms with van der Waals surface area (Å²) in [4.78, 5) is 25.3. The second-order valence-corrected chi connectivity index (χ2v) is 3.16. The summed E-state index contributed by atoms with van der Waals surface area (Å²) in [7, 11) is 0. The molecule has 5 nitrogen and oxygen atoms in total. The van der Waals surface area contributed by atoms with Crippen LogP contribution in [0, 0.1) is 0 Å². The van der Waals surface area contributed by atoms with Gasteiger partial charge in [0.1, 0.15) is 0 Å². The Morgan fingerprint density at radius 3 is 2.87 bits per heavy atom. The first-order valence-corrected chi connectivity index (χ1v) is 4.82. The lowest BCUT2D eigenvalue weighted by Crippen LogP contribution is -2.23. The molecule has 1 rings (SSSR count). The fourth-order valence-corrected chi connectivity index (χ4v) is 1.41. The lowest BCUT2D eigenvalue weighted by Gasteiger charge is -2.07. The number of hydrogen-bond donors (Lipinski definition) is 0. The van der Waals surface area contributed by atoms with Gasteiger partial charge in [0.15, 0.2) is 5.78 Å². The highest BCUT2D eigenvalue weighted by atomic mass is 16.5. The van der Waals surface area contributed by atoms with Crippen molar-refractivity contribution in [3.05, 3.63) is 17.2 Å². The van der Waals surface area contributed by atoms with Crippen LogP contribution < -0.4 is 0 Å². The first kappa shape index (κ1) is 11.3. The third-order valence-corrected chi connectivity index (χ3v) is 2.08. The molecule has 0 heterocycles. The van der Waals surface area contributed by atoms with Crippen LogP contribution in [0.25, 0.3) is 5.53 Å². The number of ketones is 1. The van der Waals surface area contributed by atoms with Crippen LogP contribution in [0.1, 0.15) is 26.2 Å². The van der Waals surface area contributed by atoms with E-state index < -0.39 is 5.97 Å². The molecule has 0 fully saturated rings. The van der Waals surface area contributed by atoms with Crippen LogP contribution in [0.4, 0.5) is 0 Å². The van der Waals surface area contributed by atoms with E-state index in [4.69, 9.17) is 10.3 Å². The first-order valence-electron chi connectivity index (χ1n) is 4.82. The average molecular weight is 208 g/mol. The van der Waals surface area contributed by atoms with Gasteiger partial charge in [-0.2, -0.15) is 4.79 Å². The van der Waals surface area contributed by atoms with Crippen LogP contribution in [0.5, 0.6) is 0 Å². The third kappa shape index (κ3) is 2.86. The summed E-state index contributed by atoms with van der Waals surface area (Å²) in [6.07, 6.45) is 3.05. The molecule has 1 aliphatic rings. The molecule has 80 valence electrons. The molecule has 5 heteroatoms. The zero-order chi connectivity index (χ0) is 11.3. The maximum Gasteiger partial charge on any atom is 0.421 e. The standard InChI is InChI=1S/C10H12N2O3/c1-2-15-10(14)9(12-11)7-4-3-5-8(13)6-7/h6H,2-5H2,1H3. The van der Waals surface area contributed by atoms with Crippen molar-refractivity contribution in [2.75, 3.05) is 6.61 Å². The second kappa shape index (κ2) is 5.22. The molecule has 0 spiro atoms. The van der Waals surface area contributed by atoms with E-state index in [-0.39, 0.29) is 18.1 Å². The molecule has 0 aliphatic heterocycles. The Kier molecular flexibility index (Phi) is 3.94. The molecule has 0 aromatic heterocycles. The summed E-state index contributed by atoms with van der Waals surface area (Å²) in [6, 6.07) is 0. The average Bonchev–Trinajstić information content (AvgIpc) is 2.19. The molecule has 15 heavy (non-hydrogen) atoms. The van der Waals surface area contributed by atoms with Crippen molar-refractivity contribution in [1.29, 1.82) is 0 Å². The van der Waals surface area contributed by atoms with E-state index in [9.17, 15) is 9.59 Å². The van der Waals surface area contributed by atoms with E-state index >= 15 is 0 Å². The summed E-state index contributed by atoms with van der Waals surface area (Å²) in [5, 5.41) is 0. The Morgan fingerprint density at radius 2 is 2.33 bits per heavy atom. The number of hydrogen-bond acceptors (Lipinski definition) is 3. The van der Waals surface area contributed by atoms with Crippen molar-refractivity contribution in [2.45, 2.75) is 26.2 Å². The van der Waals surface area contributed by atoms with Crippen molar-refractivity contribution >= 4 is 17.5 Å². The predicted octanol–water partition coefficient (Wildman–Crippen LogP) is 0.900. The lowest BCUT2D eigenvalue weighted by molar-refractivity contribution is -0.139. The van der Waals surface area contributed by atoms with E-state index in [1.165, 1.54) is 6.08 Å². The Balaban J connectivity index is 2.89. The van der Waals surface area contributed by atoms with Gasteiger partial charge >= 0.3 is 11.7 Å². The van der Waals surface area contributed by atoms with Gasteiger partial charge in [-0.05, 0) is 25.8 Å². The summed E-state index contributed by atoms with van der Waals surface area (Å²) in [6.45, 7) is 1.87. The Bertz CT molecular complexity index is 365. The van der Waals surface area contributed by atoms with Gasteiger partial charge in [-0.3, -0.25) is 4.79 Å². The van der Waals surface area contributed by atoms with E-state index in [2.05, 4.69) is 4.79 Å². The Labute approximate surface area is 87.3 Å². The number of esters is 1. The molecule has 0 saturated heterocycles. The van der Waals surface area contributed by atoms with E-state index in [0.29, 0.717) is 24.8 Å². The monoisotopic (exact) mass is 208 g/mol. The van der Waals surface area contributed by atoms with Gasteiger partial charge in [0, 0.05) is 6.42 Å². The molecule has 0 aromatic rings. The van der Waals surface area contributed by atoms with Crippen LogP contribution in [0.2, 0.25) is 0 Å². The third-order valence-electron chi connectivity index (χ3n) is 2.08. The van der Waals surface area contributed by atoms with Gasteiger partial charge in [0.2, 0.25) is 0 Å². The van der Waals surface area contributed by atoms with E-state index in [0.717, 1.165) is 0 Å². The zero-order valence-electron chi connectivity index (χ0n) is 8.52. The smallest absolute Gasteiger partial charge is 0.421 e. The molecule has 1 aliphatic carbocycles. The number of carbonyl (C=O) groups excluding carboxylic acids is 2. The Hall–Kier alpha value is -1.74. The molecule has 0 atom stereocenters. The van der Waals surface area contributed by atoms with Crippen LogP contribution in [0.15, 0.2) is 11.6 Å². The molecular weight excluding hydrogens is 196 g/mol. The maximum absolute atomic E-state index is 11.3. The van der Waals surface area contributed by atoms with Crippen molar-refractivity contribution in [3.8, 4) is 0 Å². The van der Waals surface area contributed by atoms with Gasteiger partial charge in [-0.25, -0.2) is 4.79 Å². The molecule has 0 unspecified atom stereocenters. The largest absolute Gasteiger partial charge is 0.457 e. The summed E-state index contributed by atoms with van der Waals surface area (Å²) >= 11 is 0. The summed E-state index contributed by atoms with van der Waals surface area (Å²) in [5.41, 5.74) is 8.99. The normalized spacial score (nSPS) is 15.3. The number of allylic oxidation sites excluding steroid dienone is 1. The highest BCUT2D eigenvalue weighted by molar-refractivity contribution is 6.41. The number of rotatable bonds is 3. The molecule has 0 saturated carbocycles. The highest BCUT2D eigenvalue weighted by Crippen LogP contribution is 2.16. The lowest BCUT2D eigenvalue weighted by atomic mass is 9.95. The molecule has 0 aromatic carbocycles. The van der Waals surface area contributed by atoms with E-state index in [1.54, 1.807) is 6.92 Å². The topological polar surface area (TPSA) is 79.8 Å². The predicted molar refractivity (Wildman–Crippen MR) is 52.2 cm³/mol. The quantitative estimate of drug-likeness (QED) is 0.299. The SMILES string of the molecule is CCOC(=O)C(=[N+]=[N-])C1=CC(=O)CCC1. The molecular formula is C10H12N2O3. The van der Waals surface area contributed by atoms with Crippen LogP contribution >= 0.6 is 0 Å². The van der Waals surface area contributed by atoms with Gasteiger partial charge < -0.3 is 10.3 Å².